The van der Waals surface area contributed by atoms with Gasteiger partial charge in [-0.3, -0.25) is 0 Å². The molecule has 2 saturated heterocycles. The summed E-state index contributed by atoms with van der Waals surface area (Å²) in [6.07, 6.45) is -4.43. The van der Waals surface area contributed by atoms with E-state index in [1.165, 1.54) is 25.3 Å². The summed E-state index contributed by atoms with van der Waals surface area (Å²) in [5, 5.41) is 13.4. The van der Waals surface area contributed by atoms with Gasteiger partial charge in [0, 0.05) is 24.4 Å². The summed E-state index contributed by atoms with van der Waals surface area (Å²) in [6, 6.07) is 10.4. The number of tetrazole rings is 1. The Hall–Kier alpha value is -3.09. The number of hydrogen-bond donors (Lipinski definition) is 1. The third-order valence-electron chi connectivity index (χ3n) is 6.12. The van der Waals surface area contributed by atoms with Crippen molar-refractivity contribution in [3.8, 4) is 11.4 Å². The summed E-state index contributed by atoms with van der Waals surface area (Å²) in [5.74, 6) is -2.70. The van der Waals surface area contributed by atoms with Gasteiger partial charge in [-0.05, 0) is 40.3 Å². The monoisotopic (exact) mass is 479 g/mol. The second-order valence-electron chi connectivity index (χ2n) is 8.12. The highest BCUT2D eigenvalue weighted by atomic mass is 19.4. The molecular formula is C22H21F4N5O3. The molecule has 12 heteroatoms. The highest BCUT2D eigenvalue weighted by Crippen LogP contribution is 2.49. The van der Waals surface area contributed by atoms with Crippen LogP contribution in [-0.2, 0) is 15.7 Å². The summed E-state index contributed by atoms with van der Waals surface area (Å²) in [5.41, 5.74) is 1.40. The first kappa shape index (κ1) is 22.7. The Bertz CT molecular complexity index is 1170. The van der Waals surface area contributed by atoms with Crippen molar-refractivity contribution in [1.29, 1.82) is 0 Å². The predicted octanol–water partition coefficient (Wildman–Crippen LogP) is 3.39. The molecule has 1 spiro atoms. The van der Waals surface area contributed by atoms with Gasteiger partial charge in [-0.1, -0.05) is 18.2 Å². The van der Waals surface area contributed by atoms with Crippen LogP contribution in [0.3, 0.4) is 0 Å². The molecule has 0 saturated carbocycles. The van der Waals surface area contributed by atoms with Crippen LogP contribution in [0.15, 0.2) is 42.5 Å². The van der Waals surface area contributed by atoms with E-state index in [-0.39, 0.29) is 24.0 Å². The van der Waals surface area contributed by atoms with E-state index in [4.69, 9.17) is 14.2 Å². The fraction of sp³-hybridized carbons (Fsp3) is 0.409. The van der Waals surface area contributed by atoms with Crippen LogP contribution in [0.2, 0.25) is 0 Å². The summed E-state index contributed by atoms with van der Waals surface area (Å²) in [4.78, 5) is 0. The Balaban J connectivity index is 1.55. The SMILES string of the molecule is COc1cccc(-n2nnnc2C(F)(F)F)c1[C@H]1CO[C@@]2(C1)OCCN[C@H]2c1ccc(F)cc1. The number of methoxy groups -OCH3 is 1. The third kappa shape index (κ3) is 3.91. The number of aromatic nitrogens is 4. The van der Waals surface area contributed by atoms with Gasteiger partial charge >= 0.3 is 6.18 Å². The van der Waals surface area contributed by atoms with E-state index in [1.807, 2.05) is 0 Å². The largest absolute Gasteiger partial charge is 0.496 e. The maximum absolute atomic E-state index is 13.5. The highest BCUT2D eigenvalue weighted by molar-refractivity contribution is 5.52. The summed E-state index contributed by atoms with van der Waals surface area (Å²) in [7, 11) is 1.44. The van der Waals surface area contributed by atoms with Gasteiger partial charge in [0.25, 0.3) is 5.82 Å². The third-order valence-corrected chi connectivity index (χ3v) is 6.12. The van der Waals surface area contributed by atoms with E-state index in [1.54, 1.807) is 24.3 Å². The van der Waals surface area contributed by atoms with Gasteiger partial charge in [0.2, 0.25) is 0 Å². The smallest absolute Gasteiger partial charge is 0.453 e. The molecule has 0 bridgehead atoms. The van der Waals surface area contributed by atoms with Crippen LogP contribution in [0.4, 0.5) is 17.6 Å². The van der Waals surface area contributed by atoms with Crippen LogP contribution in [0.25, 0.3) is 5.69 Å². The molecule has 1 N–H and O–H groups in total. The van der Waals surface area contributed by atoms with Gasteiger partial charge in [-0.15, -0.1) is 5.10 Å². The average molecular weight is 479 g/mol. The fourth-order valence-corrected chi connectivity index (χ4v) is 4.71. The van der Waals surface area contributed by atoms with E-state index < -0.39 is 23.8 Å². The minimum Gasteiger partial charge on any atom is -0.496 e. The first-order chi connectivity index (χ1) is 16.3. The van der Waals surface area contributed by atoms with E-state index in [0.717, 1.165) is 5.56 Å². The van der Waals surface area contributed by atoms with Crippen molar-refractivity contribution in [2.75, 3.05) is 26.9 Å². The predicted molar refractivity (Wildman–Crippen MR) is 110 cm³/mol. The average Bonchev–Trinajstić information content (AvgIpc) is 3.48. The second kappa shape index (κ2) is 8.60. The molecule has 180 valence electrons. The molecule has 5 rings (SSSR count). The first-order valence-corrected chi connectivity index (χ1v) is 10.6. The standard InChI is InChI=1S/C22H21F4N5O3/c1-32-17-4-2-3-16(31-20(22(24,25)26)28-29-30-31)18(17)14-11-21(34-12-14)19(27-9-10-33-21)13-5-7-15(23)8-6-13/h2-8,14,19,27H,9-12H2,1H3/t14-,19+,21-/m1/s1. The Morgan fingerprint density at radius 2 is 1.94 bits per heavy atom. The van der Waals surface area contributed by atoms with E-state index in [9.17, 15) is 17.6 Å². The van der Waals surface area contributed by atoms with Crippen molar-refractivity contribution in [1.82, 2.24) is 25.5 Å². The number of nitrogens with one attached hydrogen (secondary N) is 1. The Morgan fingerprint density at radius 1 is 1.15 bits per heavy atom. The molecule has 0 unspecified atom stereocenters. The van der Waals surface area contributed by atoms with Gasteiger partial charge < -0.3 is 19.5 Å². The number of ether oxygens (including phenoxy) is 3. The van der Waals surface area contributed by atoms with Gasteiger partial charge in [-0.2, -0.15) is 17.9 Å². The number of alkyl halides is 3. The molecule has 3 aromatic rings. The van der Waals surface area contributed by atoms with Crippen LogP contribution in [0.5, 0.6) is 5.75 Å². The molecule has 1 aromatic heterocycles. The topological polar surface area (TPSA) is 83.3 Å². The van der Waals surface area contributed by atoms with E-state index >= 15 is 0 Å². The van der Waals surface area contributed by atoms with Crippen molar-refractivity contribution in [3.63, 3.8) is 0 Å². The number of nitrogens with zero attached hydrogens (tertiary/aromatic N) is 4. The second-order valence-corrected chi connectivity index (χ2v) is 8.12. The number of hydrogen-bond acceptors (Lipinski definition) is 7. The lowest BCUT2D eigenvalue weighted by Gasteiger charge is -2.41. The minimum absolute atomic E-state index is 0.143. The van der Waals surface area contributed by atoms with E-state index in [2.05, 4.69) is 20.8 Å². The summed E-state index contributed by atoms with van der Waals surface area (Å²) >= 11 is 0. The van der Waals surface area contributed by atoms with Crippen LogP contribution in [-0.4, -0.2) is 52.9 Å². The zero-order valence-corrected chi connectivity index (χ0v) is 18.1. The van der Waals surface area contributed by atoms with Crippen molar-refractivity contribution < 1.29 is 31.8 Å². The van der Waals surface area contributed by atoms with Crippen LogP contribution in [0, 0.1) is 5.82 Å². The molecule has 2 aliphatic heterocycles. The maximum Gasteiger partial charge on any atom is 0.453 e. The number of rotatable bonds is 4. The van der Waals surface area contributed by atoms with Gasteiger partial charge in [0.15, 0.2) is 5.79 Å². The van der Waals surface area contributed by atoms with Gasteiger partial charge in [-0.25, -0.2) is 4.39 Å². The molecule has 0 radical (unpaired) electrons. The van der Waals surface area contributed by atoms with Crippen LogP contribution >= 0.6 is 0 Å². The number of morpholine rings is 1. The normalized spacial score (nSPS) is 25.1. The lowest BCUT2D eigenvalue weighted by Crippen LogP contribution is -2.52. The Labute approximate surface area is 191 Å². The fourth-order valence-electron chi connectivity index (χ4n) is 4.71. The molecule has 2 aromatic carbocycles. The van der Waals surface area contributed by atoms with Crippen LogP contribution in [0.1, 0.15) is 35.3 Å². The lowest BCUT2D eigenvalue weighted by atomic mass is 9.87. The first-order valence-electron chi connectivity index (χ1n) is 10.6. The lowest BCUT2D eigenvalue weighted by molar-refractivity contribution is -0.245. The molecule has 0 aliphatic carbocycles. The molecule has 3 atom stereocenters. The zero-order valence-electron chi connectivity index (χ0n) is 18.1. The summed E-state index contributed by atoms with van der Waals surface area (Å²) < 4.78 is 72.6. The molecule has 3 heterocycles. The Kier molecular flexibility index (Phi) is 5.74. The number of halogens is 4. The van der Waals surface area contributed by atoms with Gasteiger partial charge in [0.05, 0.1) is 32.1 Å². The number of benzene rings is 2. The van der Waals surface area contributed by atoms with Crippen molar-refractivity contribution in [2.45, 2.75) is 30.3 Å². The molecule has 2 fully saturated rings. The maximum atomic E-state index is 13.5. The van der Waals surface area contributed by atoms with Gasteiger partial charge in [0.1, 0.15) is 11.6 Å². The van der Waals surface area contributed by atoms with Crippen molar-refractivity contribution in [3.05, 3.63) is 65.2 Å². The van der Waals surface area contributed by atoms with Crippen molar-refractivity contribution in [2.24, 2.45) is 0 Å². The molecule has 34 heavy (non-hydrogen) atoms. The quantitative estimate of drug-likeness (QED) is 0.575. The minimum atomic E-state index is -4.75. The molecule has 2 aliphatic rings. The zero-order chi connectivity index (χ0) is 23.9. The van der Waals surface area contributed by atoms with E-state index in [0.29, 0.717) is 35.6 Å². The van der Waals surface area contributed by atoms with Crippen molar-refractivity contribution >= 4 is 0 Å². The molecular weight excluding hydrogens is 458 g/mol. The van der Waals surface area contributed by atoms with Crippen LogP contribution < -0.4 is 10.1 Å². The Morgan fingerprint density at radius 3 is 2.68 bits per heavy atom. The molecule has 0 amide bonds. The molecule has 8 nitrogen and oxygen atoms in total. The highest BCUT2D eigenvalue weighted by Gasteiger charge is 2.51. The summed E-state index contributed by atoms with van der Waals surface area (Å²) in [6.45, 7) is 1.11.